The molecule has 1 aliphatic carbocycles. The molecule has 5 atom stereocenters. The van der Waals surface area contributed by atoms with Gasteiger partial charge in [-0.05, 0) is 67.9 Å². The van der Waals surface area contributed by atoms with Gasteiger partial charge in [-0.3, -0.25) is 19.2 Å². The molecule has 43 heavy (non-hydrogen) atoms. The Morgan fingerprint density at radius 3 is 2.70 bits per heavy atom. The molecule has 0 bridgehead atoms. The van der Waals surface area contributed by atoms with Crippen molar-refractivity contribution in [2.75, 3.05) is 20.2 Å². The summed E-state index contributed by atoms with van der Waals surface area (Å²) in [4.78, 5) is 66.9. The number of hydrogen-bond donors (Lipinski definition) is 4. The van der Waals surface area contributed by atoms with Gasteiger partial charge in [0.2, 0.25) is 17.6 Å². The molecular weight excluding hydrogens is 548 g/mol. The van der Waals surface area contributed by atoms with Crippen LogP contribution >= 0.6 is 0 Å². The maximum Gasteiger partial charge on any atom is 0.271 e. The summed E-state index contributed by atoms with van der Waals surface area (Å²) in [5.74, 6) is -0.542. The average Bonchev–Trinajstić information content (AvgIpc) is 3.83. The van der Waals surface area contributed by atoms with Gasteiger partial charge in [-0.15, -0.1) is 0 Å². The van der Waals surface area contributed by atoms with Gasteiger partial charge in [-0.1, -0.05) is 24.6 Å². The van der Waals surface area contributed by atoms with Crippen molar-refractivity contribution in [2.45, 2.75) is 44.2 Å². The largest absolute Gasteiger partial charge is 0.496 e. The van der Waals surface area contributed by atoms with Crippen LogP contribution in [0.4, 0.5) is 0 Å². The molecule has 11 heteroatoms. The fourth-order valence-electron chi connectivity index (χ4n) is 7.30. The number of carbonyl (C=O) groups is 4. The highest BCUT2D eigenvalue weighted by atomic mass is 16.5. The van der Waals surface area contributed by atoms with Crippen LogP contribution in [-0.4, -0.2) is 75.6 Å². The van der Waals surface area contributed by atoms with Crippen LogP contribution in [0, 0.1) is 17.8 Å². The number of aromatic nitrogens is 3. The second-order valence-electron chi connectivity index (χ2n) is 11.9. The second kappa shape index (κ2) is 10.9. The van der Waals surface area contributed by atoms with Gasteiger partial charge in [-0.25, -0.2) is 4.98 Å². The maximum atomic E-state index is 14.2. The summed E-state index contributed by atoms with van der Waals surface area (Å²) in [6, 6.07) is 13.0. The van der Waals surface area contributed by atoms with Gasteiger partial charge < -0.3 is 30.2 Å². The molecule has 3 fully saturated rings. The third-order valence-corrected chi connectivity index (χ3v) is 9.43. The predicted octanol–water partition coefficient (Wildman–Crippen LogP) is 3.19. The fraction of sp³-hybridized carbons (Fsp3) is 0.406. The molecule has 1 saturated carbocycles. The molecule has 3 aliphatic rings. The van der Waals surface area contributed by atoms with Crippen molar-refractivity contribution in [3.63, 3.8) is 0 Å². The lowest BCUT2D eigenvalue weighted by molar-refractivity contribution is -0.127. The van der Waals surface area contributed by atoms with Gasteiger partial charge in [0.15, 0.2) is 5.82 Å². The number of H-pyrrole nitrogens is 2. The van der Waals surface area contributed by atoms with Crippen molar-refractivity contribution in [3.8, 4) is 5.75 Å². The van der Waals surface area contributed by atoms with Crippen LogP contribution < -0.4 is 15.4 Å². The quantitative estimate of drug-likeness (QED) is 0.235. The number of aromatic amines is 2. The number of para-hydroxylation sites is 2. The number of hydrogen-bond acceptors (Lipinski definition) is 6. The molecule has 2 saturated heterocycles. The normalized spacial score (nSPS) is 23.8. The number of carbonyl (C=O) groups excluding carboxylic acids is 4. The molecule has 2 aliphatic heterocycles. The Labute approximate surface area is 247 Å². The molecule has 4 aromatic rings. The molecule has 2 aromatic heterocycles. The van der Waals surface area contributed by atoms with E-state index in [4.69, 9.17) is 4.74 Å². The Kier molecular flexibility index (Phi) is 6.87. The number of rotatable bonds is 8. The van der Waals surface area contributed by atoms with E-state index in [0.717, 1.165) is 30.2 Å². The first-order chi connectivity index (χ1) is 20.9. The Hall–Kier alpha value is -4.67. The summed E-state index contributed by atoms with van der Waals surface area (Å²) in [6.45, 7) is 1.01. The minimum Gasteiger partial charge on any atom is -0.496 e. The van der Waals surface area contributed by atoms with Gasteiger partial charge in [0.1, 0.15) is 17.5 Å². The first-order valence-electron chi connectivity index (χ1n) is 14.9. The van der Waals surface area contributed by atoms with E-state index in [2.05, 4.69) is 25.6 Å². The van der Waals surface area contributed by atoms with Gasteiger partial charge in [-0.2, -0.15) is 0 Å². The van der Waals surface area contributed by atoms with E-state index >= 15 is 0 Å². The minimum atomic E-state index is -0.975. The molecule has 4 N–H and O–H groups in total. The lowest BCUT2D eigenvalue weighted by Crippen LogP contribution is -2.53. The summed E-state index contributed by atoms with van der Waals surface area (Å²) in [5, 5.41) is 6.60. The van der Waals surface area contributed by atoms with E-state index in [1.54, 1.807) is 18.1 Å². The Bertz CT molecular complexity index is 1710. The smallest absolute Gasteiger partial charge is 0.271 e. The summed E-state index contributed by atoms with van der Waals surface area (Å²) >= 11 is 0. The summed E-state index contributed by atoms with van der Waals surface area (Å²) in [6.07, 6.45) is 3.52. The Morgan fingerprint density at radius 2 is 1.91 bits per heavy atom. The molecule has 5 unspecified atom stereocenters. The van der Waals surface area contributed by atoms with E-state index in [-0.39, 0.29) is 47.6 Å². The number of nitrogens with zero attached hydrogens (tertiary/aromatic N) is 2. The minimum absolute atomic E-state index is 0.000374. The highest BCUT2D eigenvalue weighted by Crippen LogP contribution is 2.43. The van der Waals surface area contributed by atoms with Crippen molar-refractivity contribution in [1.82, 2.24) is 30.5 Å². The highest BCUT2D eigenvalue weighted by molar-refractivity contribution is 6.04. The molecular formula is C32H34N6O5. The SMILES string of the molecule is COc1cccc2[nH]c(C(=O)N3CC4CCCC4C3C(=O)NC(CC3CCNC3=O)C(=O)c3nc4ccccc4[nH]3)cc12. The van der Waals surface area contributed by atoms with Crippen LogP contribution in [0.25, 0.3) is 21.9 Å². The molecule has 7 rings (SSSR count). The predicted molar refractivity (Wildman–Crippen MR) is 159 cm³/mol. The third kappa shape index (κ3) is 4.82. The van der Waals surface area contributed by atoms with Crippen LogP contribution in [0.3, 0.4) is 0 Å². The van der Waals surface area contributed by atoms with Gasteiger partial charge in [0.25, 0.3) is 5.91 Å². The van der Waals surface area contributed by atoms with Crippen LogP contribution in [-0.2, 0) is 9.59 Å². The zero-order chi connectivity index (χ0) is 29.7. The van der Waals surface area contributed by atoms with Crippen molar-refractivity contribution in [2.24, 2.45) is 17.8 Å². The Balaban J connectivity index is 1.18. The first kappa shape index (κ1) is 27.2. The molecule has 222 valence electrons. The van der Waals surface area contributed by atoms with E-state index < -0.39 is 18.0 Å². The second-order valence-corrected chi connectivity index (χ2v) is 11.9. The van der Waals surface area contributed by atoms with Crippen molar-refractivity contribution < 1.29 is 23.9 Å². The van der Waals surface area contributed by atoms with Crippen LogP contribution in [0.1, 0.15) is 53.2 Å². The van der Waals surface area contributed by atoms with Crippen molar-refractivity contribution in [1.29, 1.82) is 0 Å². The van der Waals surface area contributed by atoms with E-state index in [0.29, 0.717) is 42.0 Å². The molecule has 2 aromatic carbocycles. The Morgan fingerprint density at radius 1 is 1.07 bits per heavy atom. The van der Waals surface area contributed by atoms with Crippen LogP contribution in [0.15, 0.2) is 48.5 Å². The number of fused-ring (bicyclic) bond motifs is 3. The number of likely N-dealkylation sites (tertiary alicyclic amines) is 1. The van der Waals surface area contributed by atoms with E-state index in [1.807, 2.05) is 42.5 Å². The van der Waals surface area contributed by atoms with Crippen LogP contribution in [0.5, 0.6) is 5.75 Å². The summed E-state index contributed by atoms with van der Waals surface area (Å²) < 4.78 is 5.47. The number of benzene rings is 2. The lowest BCUT2D eigenvalue weighted by atomic mass is 9.91. The number of ether oxygens (including phenoxy) is 1. The highest BCUT2D eigenvalue weighted by Gasteiger charge is 2.50. The van der Waals surface area contributed by atoms with E-state index in [1.165, 1.54) is 0 Å². The topological polar surface area (TPSA) is 149 Å². The number of Topliss-reactive ketones (excluding diaryl/α,β-unsaturated/α-hetero) is 1. The van der Waals surface area contributed by atoms with Crippen molar-refractivity contribution in [3.05, 3.63) is 60.0 Å². The number of imidazole rings is 1. The maximum absolute atomic E-state index is 14.2. The third-order valence-electron chi connectivity index (χ3n) is 9.43. The number of amides is 3. The van der Waals surface area contributed by atoms with Gasteiger partial charge >= 0.3 is 0 Å². The monoisotopic (exact) mass is 582 g/mol. The molecule has 4 heterocycles. The lowest BCUT2D eigenvalue weighted by Gasteiger charge is -2.29. The molecule has 3 amide bonds. The van der Waals surface area contributed by atoms with Crippen LogP contribution in [0.2, 0.25) is 0 Å². The average molecular weight is 583 g/mol. The van der Waals surface area contributed by atoms with Gasteiger partial charge in [0, 0.05) is 29.9 Å². The summed E-state index contributed by atoms with van der Waals surface area (Å²) in [7, 11) is 1.59. The number of ketones is 1. The van der Waals surface area contributed by atoms with E-state index in [9.17, 15) is 19.2 Å². The first-order valence-corrected chi connectivity index (χ1v) is 14.9. The zero-order valence-corrected chi connectivity index (χ0v) is 23.9. The van der Waals surface area contributed by atoms with Gasteiger partial charge in [0.05, 0.1) is 24.2 Å². The fourth-order valence-corrected chi connectivity index (χ4v) is 7.30. The van der Waals surface area contributed by atoms with Crippen molar-refractivity contribution >= 4 is 45.4 Å². The number of methoxy groups -OCH3 is 1. The standard InChI is InChI=1S/C32H34N6O5/c1-43-26-11-5-10-21-20(26)15-25(34-21)32(42)38-16-18-6-4-7-19(18)27(38)31(41)37-24(14-17-12-13-33-30(17)40)28(39)29-35-22-8-2-3-9-23(22)36-29/h2-3,5,8-11,15,17-19,24,27,34H,4,6-7,12-14,16H2,1H3,(H,33,40)(H,35,36)(H,37,41). The molecule has 0 radical (unpaired) electrons. The molecule has 11 nitrogen and oxygen atoms in total. The zero-order valence-electron chi connectivity index (χ0n) is 23.9. The molecule has 0 spiro atoms. The summed E-state index contributed by atoms with van der Waals surface area (Å²) in [5.41, 5.74) is 2.51. The number of nitrogens with one attached hydrogen (secondary N) is 4.